The van der Waals surface area contributed by atoms with E-state index in [1.54, 1.807) is 0 Å². The molecule has 37 heteroatoms. The summed E-state index contributed by atoms with van der Waals surface area (Å²) in [5, 5.41) is 239. The summed E-state index contributed by atoms with van der Waals surface area (Å²) in [7, 11) is 1.42. The van der Waals surface area contributed by atoms with Crippen LogP contribution >= 0.6 is 0 Å². The molecule has 37 nitrogen and oxygen atoms in total. The number of hydrogen-bond acceptors (Lipinski definition) is 37. The predicted molar refractivity (Wildman–Crippen MR) is 263 cm³/mol. The first kappa shape index (κ1) is 69.3. The molecule has 0 radical (unpaired) electrons. The maximum absolute atomic E-state index is 11.8. The molecule has 7 aliphatic heterocycles. The van der Waals surface area contributed by atoms with Crippen molar-refractivity contribution in [2.75, 3.05) is 53.4 Å². The van der Waals surface area contributed by atoms with Gasteiger partial charge in [-0.1, -0.05) is 0 Å². The van der Waals surface area contributed by atoms with Gasteiger partial charge >= 0.3 is 0 Å². The van der Waals surface area contributed by atoms with E-state index >= 15 is 0 Å². The molecular weight excluding hydrogens is 1180 g/mol. The van der Waals surface area contributed by atoms with E-state index in [1.807, 2.05) is 0 Å². The summed E-state index contributed by atoms with van der Waals surface area (Å²) in [6.07, 6.45) is -69.7. The molecule has 0 bridgehead atoms. The molecule has 7 aliphatic rings. The summed E-state index contributed by atoms with van der Waals surface area (Å²) < 4.78 is 84.4. The highest BCUT2D eigenvalue weighted by Crippen LogP contribution is 2.38. The molecule has 0 saturated carbocycles. The third kappa shape index (κ3) is 14.4. The van der Waals surface area contributed by atoms with Gasteiger partial charge in [-0.2, -0.15) is 0 Å². The monoisotopic (exact) mass is 1260 g/mol. The second-order valence-corrected chi connectivity index (χ2v) is 21.3. The van der Waals surface area contributed by atoms with Crippen LogP contribution in [0.2, 0.25) is 0 Å². The summed E-state index contributed by atoms with van der Waals surface area (Å²) in [6, 6.07) is 5.95. The average Bonchev–Trinajstić information content (AvgIpc) is 1.66. The van der Waals surface area contributed by atoms with Gasteiger partial charge in [0.2, 0.25) is 6.29 Å². The van der Waals surface area contributed by atoms with E-state index in [9.17, 15) is 112 Å². The van der Waals surface area contributed by atoms with Gasteiger partial charge in [0.25, 0.3) is 0 Å². The first-order valence-corrected chi connectivity index (χ1v) is 27.3. The van der Waals surface area contributed by atoms with E-state index in [2.05, 4.69) is 0 Å². The van der Waals surface area contributed by atoms with Crippen molar-refractivity contribution in [2.24, 2.45) is 0 Å². The Hall–Kier alpha value is -2.58. The van der Waals surface area contributed by atoms with E-state index in [4.69, 9.17) is 71.1 Å². The Balaban J connectivity index is 0.964. The molecule has 1 aromatic rings. The highest BCUT2D eigenvalue weighted by Gasteiger charge is 2.59. The van der Waals surface area contributed by atoms with Crippen molar-refractivity contribution in [2.45, 2.75) is 215 Å². The Kier molecular flexibility index (Phi) is 24.4. The van der Waals surface area contributed by atoms with Gasteiger partial charge in [-0.05, 0) is 24.3 Å². The van der Waals surface area contributed by atoms with Crippen molar-refractivity contribution >= 4 is 0 Å². The molecule has 22 N–H and O–H groups in total. The normalized spacial score (nSPS) is 49.5. The van der Waals surface area contributed by atoms with Gasteiger partial charge in [0, 0.05) is 0 Å². The van der Waals surface area contributed by atoms with Crippen LogP contribution in [-0.4, -0.2) is 381 Å². The topological polar surface area (TPSA) is 584 Å². The number of ether oxygens (including phenoxy) is 15. The minimum absolute atomic E-state index is 0.130. The number of rotatable bonds is 22. The van der Waals surface area contributed by atoms with Crippen LogP contribution in [0.25, 0.3) is 0 Å². The summed E-state index contributed by atoms with van der Waals surface area (Å²) in [5.41, 5.74) is 0. The quantitative estimate of drug-likeness (QED) is 0.0513. The highest BCUT2D eigenvalue weighted by molar-refractivity contribution is 5.31. The van der Waals surface area contributed by atoms with Crippen molar-refractivity contribution in [3.8, 4) is 11.5 Å². The Morgan fingerprint density at radius 1 is 0.256 bits per heavy atom. The number of aliphatic hydroxyl groups is 22. The Morgan fingerprint density at radius 2 is 0.453 bits per heavy atom. The molecule has 7 heterocycles. The molecular formula is C49H78O37. The van der Waals surface area contributed by atoms with Crippen molar-refractivity contribution in [3.63, 3.8) is 0 Å². The van der Waals surface area contributed by atoms with E-state index in [1.165, 1.54) is 31.4 Å². The van der Waals surface area contributed by atoms with Crippen molar-refractivity contribution in [1.29, 1.82) is 0 Å². The lowest BCUT2D eigenvalue weighted by atomic mass is 9.95. The summed E-state index contributed by atoms with van der Waals surface area (Å²) in [6.45, 7) is -7.02. The van der Waals surface area contributed by atoms with Crippen LogP contribution in [0.1, 0.15) is 0 Å². The largest absolute Gasteiger partial charge is 0.497 e. The first-order valence-electron chi connectivity index (χ1n) is 27.3. The third-order valence-corrected chi connectivity index (χ3v) is 15.8. The smallest absolute Gasteiger partial charge is 0.229 e. The summed E-state index contributed by atoms with van der Waals surface area (Å²) in [5.74, 6) is 0.578. The lowest BCUT2D eigenvalue weighted by Gasteiger charge is -2.50. The van der Waals surface area contributed by atoms with Crippen LogP contribution in [0, 0.1) is 0 Å². The Labute approximate surface area is 486 Å². The molecule has 8 rings (SSSR count). The predicted octanol–water partition coefficient (Wildman–Crippen LogP) is -14.2. The van der Waals surface area contributed by atoms with Crippen LogP contribution in [0.4, 0.5) is 0 Å². The molecule has 0 spiro atoms. The molecule has 35 atom stereocenters. The van der Waals surface area contributed by atoms with Crippen LogP contribution in [0.3, 0.4) is 0 Å². The standard InChI is InChI=1S/C49H78O37/c1-72-13-2-4-14(5-3-13)73-44-31(66)37(23(58)16(7-51)75-44)82-46-33(68)39(25(60)18(9-53)77-46)84-48-35(70)41(27(62)20(11-55)79-48)86-49-36(71)42(28(63)21(12-56)80-49)85-47-34(69)40(26(61)19(10-54)78-47)83-45-32(67)38(24(59)17(8-52)76-45)81-43-30(65)29(64)22(57)15(6-50)74-43/h2-5,15-71H,6-12H2,1H3/t15-,16-,17-,18-,19-,20-,21-,22-,23-,24-,25-,26-,27-,28-,29+,30-,31-,32-,33-,34-,35-,36-,37+,38+,39+,40+,41+,42+,43+,44-,45-,46-,47+,48+,49-/m1/s1. The second-order valence-electron chi connectivity index (χ2n) is 21.3. The van der Waals surface area contributed by atoms with Gasteiger partial charge in [-0.25, -0.2) is 0 Å². The van der Waals surface area contributed by atoms with Crippen molar-refractivity contribution < 1.29 is 183 Å². The van der Waals surface area contributed by atoms with E-state index in [0.29, 0.717) is 5.75 Å². The van der Waals surface area contributed by atoms with Crippen LogP contribution in [0.5, 0.6) is 11.5 Å². The zero-order valence-electron chi connectivity index (χ0n) is 45.4. The molecule has 0 aliphatic carbocycles. The van der Waals surface area contributed by atoms with Crippen molar-refractivity contribution in [3.05, 3.63) is 24.3 Å². The molecule has 86 heavy (non-hydrogen) atoms. The average molecular weight is 1260 g/mol. The van der Waals surface area contributed by atoms with E-state index in [0.717, 1.165) is 0 Å². The maximum Gasteiger partial charge on any atom is 0.229 e. The van der Waals surface area contributed by atoms with Gasteiger partial charge in [-0.15, -0.1) is 0 Å². The number of hydrogen-bond donors (Lipinski definition) is 22. The van der Waals surface area contributed by atoms with Crippen LogP contribution in [-0.2, 0) is 61.6 Å². The fourth-order valence-electron chi connectivity index (χ4n) is 10.8. The van der Waals surface area contributed by atoms with E-state index < -0.39 is 261 Å². The maximum atomic E-state index is 11.8. The van der Waals surface area contributed by atoms with Crippen LogP contribution < -0.4 is 9.47 Å². The molecule has 0 unspecified atom stereocenters. The SMILES string of the molecule is COc1ccc(O[C@@H]2O[C@H](CO)[C@@H](O)[C@H](O[C@H]3O[C@H](CO)[C@@H](O)[C@H](O[C@@H]4O[C@H](CO)[C@@H](O)[C@H](O[C@H]5O[C@H](CO)[C@@H](O)[C@H](O[C@@H]6O[C@H](CO)[C@@H](O)[C@H](O[C@H]7O[C@H](CO)[C@@H](O)[C@H](O[C@@H]8O[C@H](CO)[C@@H](O)[C@H](O)[C@H]8O)[C@H]7O)[C@H]6O)[C@H]5O)[C@H]4O)[C@H]3O)[C@H]2O)cc1. The minimum atomic E-state index is -2.34. The lowest BCUT2D eigenvalue weighted by Crippen LogP contribution is -2.69. The Morgan fingerprint density at radius 3 is 0.686 bits per heavy atom. The van der Waals surface area contributed by atoms with Gasteiger partial charge in [-0.3, -0.25) is 0 Å². The number of methoxy groups -OCH3 is 1. The molecule has 0 amide bonds. The zero-order chi connectivity index (χ0) is 62.7. The van der Waals surface area contributed by atoms with E-state index in [-0.39, 0.29) is 5.75 Å². The fraction of sp³-hybridized carbons (Fsp3) is 0.878. The van der Waals surface area contributed by atoms with Gasteiger partial charge in [0.05, 0.1) is 53.4 Å². The minimum Gasteiger partial charge on any atom is -0.497 e. The zero-order valence-corrected chi connectivity index (χ0v) is 45.4. The molecule has 1 aromatic carbocycles. The summed E-state index contributed by atoms with van der Waals surface area (Å²) in [4.78, 5) is 0. The molecule has 7 saturated heterocycles. The fourth-order valence-corrected chi connectivity index (χ4v) is 10.8. The molecule has 496 valence electrons. The van der Waals surface area contributed by atoms with Crippen LogP contribution in [0.15, 0.2) is 24.3 Å². The van der Waals surface area contributed by atoms with Gasteiger partial charge in [0.1, 0.15) is 182 Å². The van der Waals surface area contributed by atoms with Crippen molar-refractivity contribution in [1.82, 2.24) is 0 Å². The highest BCUT2D eigenvalue weighted by atomic mass is 16.8. The van der Waals surface area contributed by atoms with Gasteiger partial charge in [0.15, 0.2) is 37.7 Å². The molecule has 0 aromatic heterocycles. The first-order chi connectivity index (χ1) is 41.0. The second kappa shape index (κ2) is 30.2. The number of aliphatic hydroxyl groups excluding tert-OH is 22. The Bertz CT molecular complexity index is 2200. The lowest BCUT2D eigenvalue weighted by molar-refractivity contribution is -0.400. The number of benzene rings is 1. The van der Waals surface area contributed by atoms with Gasteiger partial charge < -0.3 is 183 Å². The third-order valence-electron chi connectivity index (χ3n) is 15.8. The molecule has 7 fully saturated rings. The summed E-state index contributed by atoms with van der Waals surface area (Å²) >= 11 is 0.